The van der Waals surface area contributed by atoms with Gasteiger partial charge in [0.15, 0.2) is 0 Å². The minimum absolute atomic E-state index is 0.0256. The van der Waals surface area contributed by atoms with Crippen molar-refractivity contribution >= 4 is 38.2 Å². The molecular weight excluding hydrogens is 407 g/mol. The number of aromatic amines is 1. The minimum Gasteiger partial charge on any atom is -0.406 e. The van der Waals surface area contributed by atoms with Crippen molar-refractivity contribution < 1.29 is 31.1 Å². The highest BCUT2D eigenvalue weighted by atomic mass is 32.2. The third-order valence-corrected chi connectivity index (χ3v) is 6.48. The number of sulfonamides is 1. The molecule has 0 atom stereocenters. The van der Waals surface area contributed by atoms with Crippen LogP contribution in [0.15, 0.2) is 46.0 Å². The Hall–Kier alpha value is -2.57. The first-order valence-electron chi connectivity index (χ1n) is 7.28. The van der Waals surface area contributed by atoms with E-state index in [4.69, 9.17) is 0 Å². The van der Waals surface area contributed by atoms with E-state index in [0.29, 0.717) is 15.3 Å². The summed E-state index contributed by atoms with van der Waals surface area (Å²) in [6.45, 7) is 0. The number of aromatic nitrogens is 1. The molecule has 3 rings (SSSR count). The summed E-state index contributed by atoms with van der Waals surface area (Å²) < 4.78 is 66.0. The summed E-state index contributed by atoms with van der Waals surface area (Å²) in [5.74, 6) is -1.20. The monoisotopic (exact) mass is 419 g/mol. The number of hydrogen-bond donors (Lipinski definition) is 2. The summed E-state index contributed by atoms with van der Waals surface area (Å²) in [7, 11) is -2.72. The van der Waals surface area contributed by atoms with Gasteiger partial charge in [0.25, 0.3) is 15.9 Å². The molecule has 0 bridgehead atoms. The molecular formula is C15H12F3N3O4S2. The summed E-state index contributed by atoms with van der Waals surface area (Å²) in [4.78, 5) is 15.0. The number of thiophene rings is 1. The van der Waals surface area contributed by atoms with Crippen LogP contribution in [0.3, 0.4) is 0 Å². The standard InChI is InChI=1S/C15H12F3N3O4S2/c1-21(27(23,24)13-3-2-6-26-13)20-14(22)12-8-9-7-10(25-15(16,17)18)4-5-11(9)19-12/h2-8,19H,1H3,(H,20,22). The molecule has 1 amide bonds. The lowest BCUT2D eigenvalue weighted by atomic mass is 10.2. The van der Waals surface area contributed by atoms with Crippen molar-refractivity contribution in [2.45, 2.75) is 10.6 Å². The van der Waals surface area contributed by atoms with E-state index in [0.717, 1.165) is 23.5 Å². The van der Waals surface area contributed by atoms with Crippen LogP contribution < -0.4 is 10.2 Å². The number of H-pyrrole nitrogens is 1. The highest BCUT2D eigenvalue weighted by molar-refractivity contribution is 7.91. The molecule has 1 aromatic carbocycles. The summed E-state index contributed by atoms with van der Waals surface area (Å²) in [5.41, 5.74) is 2.57. The number of amides is 1. The Morgan fingerprint density at radius 1 is 1.26 bits per heavy atom. The van der Waals surface area contributed by atoms with Gasteiger partial charge in [0, 0.05) is 18.0 Å². The lowest BCUT2D eigenvalue weighted by Gasteiger charge is -2.16. The van der Waals surface area contributed by atoms with Crippen molar-refractivity contribution in [3.8, 4) is 5.75 Å². The molecule has 2 N–H and O–H groups in total. The van der Waals surface area contributed by atoms with E-state index in [9.17, 15) is 26.4 Å². The second kappa shape index (κ2) is 6.87. The number of carbonyl (C=O) groups is 1. The molecule has 0 saturated heterocycles. The smallest absolute Gasteiger partial charge is 0.406 e. The number of hydrazine groups is 1. The van der Waals surface area contributed by atoms with Gasteiger partial charge in [0.1, 0.15) is 15.7 Å². The Bertz CT molecular complexity index is 1080. The number of benzene rings is 1. The van der Waals surface area contributed by atoms with Gasteiger partial charge >= 0.3 is 6.36 Å². The second-order valence-corrected chi connectivity index (χ2v) is 8.47. The fraction of sp³-hybridized carbons (Fsp3) is 0.133. The predicted molar refractivity (Wildman–Crippen MR) is 91.7 cm³/mol. The van der Waals surface area contributed by atoms with Crippen LogP contribution in [0.4, 0.5) is 13.2 Å². The molecule has 3 aromatic rings. The quantitative estimate of drug-likeness (QED) is 0.622. The van der Waals surface area contributed by atoms with Crippen LogP contribution in [-0.4, -0.2) is 37.1 Å². The molecule has 0 unspecified atom stereocenters. The number of rotatable bonds is 5. The highest BCUT2D eigenvalue weighted by Gasteiger charge is 2.31. The Balaban J connectivity index is 1.79. The van der Waals surface area contributed by atoms with E-state index in [2.05, 4.69) is 15.1 Å². The second-order valence-electron chi connectivity index (χ2n) is 5.33. The lowest BCUT2D eigenvalue weighted by Crippen LogP contribution is -2.43. The highest BCUT2D eigenvalue weighted by Crippen LogP contribution is 2.27. The van der Waals surface area contributed by atoms with Crippen molar-refractivity contribution in [2.24, 2.45) is 0 Å². The maximum atomic E-state index is 12.3. The number of nitrogens with one attached hydrogen (secondary N) is 2. The normalized spacial score (nSPS) is 12.5. The summed E-state index contributed by atoms with van der Waals surface area (Å²) in [6, 6.07) is 7.78. The van der Waals surface area contributed by atoms with Gasteiger partial charge in [0.2, 0.25) is 0 Å². The van der Waals surface area contributed by atoms with E-state index < -0.39 is 28.0 Å². The van der Waals surface area contributed by atoms with Gasteiger partial charge in [-0.1, -0.05) is 6.07 Å². The Labute approximate surface area is 155 Å². The van der Waals surface area contributed by atoms with Gasteiger partial charge in [-0.2, -0.15) is 0 Å². The summed E-state index contributed by atoms with van der Waals surface area (Å²) in [5, 5.41) is 1.88. The van der Waals surface area contributed by atoms with Crippen molar-refractivity contribution in [3.05, 3.63) is 47.5 Å². The maximum Gasteiger partial charge on any atom is 0.573 e. The van der Waals surface area contributed by atoms with Crippen LogP contribution >= 0.6 is 11.3 Å². The van der Waals surface area contributed by atoms with Crippen LogP contribution in [-0.2, 0) is 10.0 Å². The average Bonchev–Trinajstić information content (AvgIpc) is 3.22. The SMILES string of the molecule is CN(NC(=O)c1cc2cc(OC(F)(F)F)ccc2[nH]1)S(=O)(=O)c1cccs1. The molecule has 0 aliphatic heterocycles. The maximum absolute atomic E-state index is 12.3. The first-order chi connectivity index (χ1) is 12.6. The topological polar surface area (TPSA) is 91.5 Å². The molecule has 2 aromatic heterocycles. The van der Waals surface area contributed by atoms with Gasteiger partial charge < -0.3 is 9.72 Å². The molecule has 0 saturated carbocycles. The molecule has 7 nitrogen and oxygen atoms in total. The lowest BCUT2D eigenvalue weighted by molar-refractivity contribution is -0.274. The molecule has 27 heavy (non-hydrogen) atoms. The zero-order valence-corrected chi connectivity index (χ0v) is 15.2. The fourth-order valence-corrected chi connectivity index (χ4v) is 4.40. The van der Waals surface area contributed by atoms with Crippen molar-refractivity contribution in [2.75, 3.05) is 7.05 Å². The first-order valence-corrected chi connectivity index (χ1v) is 9.60. The van der Waals surface area contributed by atoms with Crippen molar-refractivity contribution in [1.82, 2.24) is 14.8 Å². The zero-order chi connectivity index (χ0) is 19.8. The molecule has 0 fully saturated rings. The van der Waals surface area contributed by atoms with Crippen LogP contribution in [0.2, 0.25) is 0 Å². The van der Waals surface area contributed by atoms with E-state index in [1.165, 1.54) is 25.2 Å². The summed E-state index contributed by atoms with van der Waals surface area (Å²) in [6.07, 6.45) is -4.83. The third kappa shape index (κ3) is 4.23. The molecule has 0 radical (unpaired) electrons. The van der Waals surface area contributed by atoms with Crippen LogP contribution in [0.5, 0.6) is 5.75 Å². The molecule has 0 aliphatic carbocycles. The van der Waals surface area contributed by atoms with Gasteiger partial charge in [-0.05, 0) is 35.7 Å². The average molecular weight is 419 g/mol. The van der Waals surface area contributed by atoms with Crippen molar-refractivity contribution in [1.29, 1.82) is 0 Å². The Morgan fingerprint density at radius 2 is 2.00 bits per heavy atom. The molecule has 0 spiro atoms. The number of carbonyl (C=O) groups excluding carboxylic acids is 1. The zero-order valence-electron chi connectivity index (χ0n) is 13.6. The Kier molecular flexibility index (Phi) is 4.88. The van der Waals surface area contributed by atoms with Gasteiger partial charge in [-0.3, -0.25) is 10.2 Å². The van der Waals surface area contributed by atoms with Crippen molar-refractivity contribution in [3.63, 3.8) is 0 Å². The number of alkyl halides is 3. The van der Waals surface area contributed by atoms with Gasteiger partial charge in [-0.15, -0.1) is 28.9 Å². The van der Waals surface area contributed by atoms with E-state index in [1.54, 1.807) is 11.4 Å². The van der Waals surface area contributed by atoms with E-state index in [1.807, 2.05) is 0 Å². The van der Waals surface area contributed by atoms with Gasteiger partial charge in [-0.25, -0.2) is 8.42 Å². The number of hydrogen-bond acceptors (Lipinski definition) is 5. The molecule has 12 heteroatoms. The van der Waals surface area contributed by atoms with E-state index in [-0.39, 0.29) is 9.90 Å². The summed E-state index contributed by atoms with van der Waals surface area (Å²) >= 11 is 0.996. The molecule has 2 heterocycles. The minimum atomic E-state index is -4.83. The number of nitrogens with zero attached hydrogens (tertiary/aromatic N) is 1. The van der Waals surface area contributed by atoms with Crippen LogP contribution in [0, 0.1) is 0 Å². The predicted octanol–water partition coefficient (Wildman–Crippen LogP) is 3.09. The molecule has 144 valence electrons. The Morgan fingerprint density at radius 3 is 2.63 bits per heavy atom. The van der Waals surface area contributed by atoms with Crippen LogP contribution in [0.25, 0.3) is 10.9 Å². The molecule has 0 aliphatic rings. The third-order valence-electron chi connectivity index (χ3n) is 3.44. The number of ether oxygens (including phenoxy) is 1. The number of fused-ring (bicyclic) bond motifs is 1. The van der Waals surface area contributed by atoms with E-state index >= 15 is 0 Å². The largest absolute Gasteiger partial charge is 0.573 e. The fourth-order valence-electron chi connectivity index (χ4n) is 2.24. The first kappa shape index (κ1) is 19.2. The van der Waals surface area contributed by atoms with Gasteiger partial charge in [0.05, 0.1) is 0 Å². The van der Waals surface area contributed by atoms with Crippen LogP contribution in [0.1, 0.15) is 10.5 Å². The number of halogens is 3.